The van der Waals surface area contributed by atoms with E-state index < -0.39 is 5.54 Å². The van der Waals surface area contributed by atoms with Crippen molar-refractivity contribution >= 4 is 54.7 Å². The van der Waals surface area contributed by atoms with Gasteiger partial charge in [0.25, 0.3) is 0 Å². The first-order chi connectivity index (χ1) is 13.6. The molecule has 0 aliphatic carbocycles. The third-order valence-electron chi connectivity index (χ3n) is 5.60. The Balaban J connectivity index is 1.39. The van der Waals surface area contributed by atoms with Crippen LogP contribution in [0.5, 0.6) is 0 Å². The molecule has 1 fully saturated rings. The first kappa shape index (κ1) is 17.5. The molecular formula is C22H18N2O2S2. The third kappa shape index (κ3) is 2.67. The summed E-state index contributed by atoms with van der Waals surface area (Å²) in [6.45, 7) is 2.49. The molecule has 0 radical (unpaired) electrons. The Hall–Kier alpha value is -2.57. The molecule has 28 heavy (non-hydrogen) atoms. The van der Waals surface area contributed by atoms with Crippen molar-refractivity contribution in [1.82, 2.24) is 9.88 Å². The monoisotopic (exact) mass is 406 g/mol. The number of aromatic nitrogens is 1. The molecule has 0 saturated carbocycles. The Morgan fingerprint density at radius 3 is 2.61 bits per heavy atom. The van der Waals surface area contributed by atoms with Gasteiger partial charge in [-0.25, -0.2) is 4.98 Å². The van der Waals surface area contributed by atoms with Crippen molar-refractivity contribution in [2.45, 2.75) is 25.3 Å². The summed E-state index contributed by atoms with van der Waals surface area (Å²) in [5.41, 5.74) is 1.07. The highest BCUT2D eigenvalue weighted by Gasteiger charge is 2.50. The second-order valence-electron chi connectivity index (χ2n) is 7.32. The van der Waals surface area contributed by atoms with E-state index >= 15 is 0 Å². The van der Waals surface area contributed by atoms with E-state index in [4.69, 9.17) is 0 Å². The molecule has 1 unspecified atom stereocenters. The number of ketones is 1. The molecule has 1 aliphatic rings. The van der Waals surface area contributed by atoms with Crippen molar-refractivity contribution in [1.29, 1.82) is 0 Å². The SMILES string of the molecule is CC1(C(=O)c2nc3ccccc3s2)CCN1C(=O)Cc1csc2ccccc12. The zero-order valence-corrected chi connectivity index (χ0v) is 17.0. The molecule has 0 spiro atoms. The Bertz CT molecular complexity index is 1190. The molecule has 1 atom stereocenters. The van der Waals surface area contributed by atoms with Gasteiger partial charge < -0.3 is 4.90 Å². The zero-order chi connectivity index (χ0) is 19.3. The van der Waals surface area contributed by atoms with Gasteiger partial charge in [0.05, 0.1) is 16.6 Å². The molecular weight excluding hydrogens is 388 g/mol. The summed E-state index contributed by atoms with van der Waals surface area (Å²) in [4.78, 5) is 32.5. The maximum absolute atomic E-state index is 13.2. The van der Waals surface area contributed by atoms with E-state index in [9.17, 15) is 9.59 Å². The number of likely N-dealkylation sites (tertiary alicyclic amines) is 1. The van der Waals surface area contributed by atoms with Crippen LogP contribution in [0, 0.1) is 0 Å². The Labute approximate surface area is 170 Å². The van der Waals surface area contributed by atoms with Crippen LogP contribution in [0.15, 0.2) is 53.9 Å². The minimum atomic E-state index is -0.795. The smallest absolute Gasteiger partial charge is 0.227 e. The van der Waals surface area contributed by atoms with Crippen molar-refractivity contribution in [2.75, 3.05) is 6.54 Å². The first-order valence-corrected chi connectivity index (χ1v) is 10.9. The zero-order valence-electron chi connectivity index (χ0n) is 15.3. The molecule has 140 valence electrons. The van der Waals surface area contributed by atoms with Crippen molar-refractivity contribution in [3.8, 4) is 0 Å². The summed E-state index contributed by atoms with van der Waals surface area (Å²) >= 11 is 3.06. The number of hydrogen-bond donors (Lipinski definition) is 0. The highest BCUT2D eigenvalue weighted by Crippen LogP contribution is 2.37. The number of para-hydroxylation sites is 1. The van der Waals surface area contributed by atoms with E-state index in [2.05, 4.69) is 22.5 Å². The van der Waals surface area contributed by atoms with Gasteiger partial charge >= 0.3 is 0 Å². The third-order valence-corrected chi connectivity index (χ3v) is 7.65. The fraction of sp³-hybridized carbons (Fsp3) is 0.227. The molecule has 1 amide bonds. The summed E-state index contributed by atoms with van der Waals surface area (Å²) in [5, 5.41) is 3.66. The van der Waals surface area contributed by atoms with Gasteiger partial charge in [0.1, 0.15) is 5.54 Å². The van der Waals surface area contributed by atoms with E-state index in [1.165, 1.54) is 16.0 Å². The fourth-order valence-electron chi connectivity index (χ4n) is 3.82. The standard InChI is InChI=1S/C22H18N2O2S2/c1-22(20(26)21-23-16-7-3-5-9-18(16)28-21)10-11-24(22)19(25)12-14-13-27-17-8-4-2-6-15(14)17/h2-9,13H,10-12H2,1H3. The topological polar surface area (TPSA) is 50.3 Å². The number of fused-ring (bicyclic) bond motifs is 2. The number of nitrogens with zero attached hydrogens (tertiary/aromatic N) is 2. The number of carbonyl (C=O) groups is 2. The van der Waals surface area contributed by atoms with Crippen LogP contribution in [-0.4, -0.2) is 33.7 Å². The molecule has 4 aromatic rings. The van der Waals surface area contributed by atoms with E-state index in [-0.39, 0.29) is 11.7 Å². The predicted molar refractivity (Wildman–Crippen MR) is 114 cm³/mol. The Morgan fingerprint density at radius 2 is 1.86 bits per heavy atom. The van der Waals surface area contributed by atoms with Gasteiger partial charge in [0, 0.05) is 11.2 Å². The van der Waals surface area contributed by atoms with Crippen molar-refractivity contribution < 1.29 is 9.59 Å². The number of benzene rings is 2. The molecule has 1 saturated heterocycles. The maximum Gasteiger partial charge on any atom is 0.227 e. The second kappa shape index (κ2) is 6.50. The molecule has 0 N–H and O–H groups in total. The van der Waals surface area contributed by atoms with Gasteiger partial charge in [0.2, 0.25) is 11.7 Å². The molecule has 6 heteroatoms. The number of Topliss-reactive ketones (excluding diaryl/α,β-unsaturated/α-hetero) is 1. The lowest BCUT2D eigenvalue weighted by Gasteiger charge is -2.49. The van der Waals surface area contributed by atoms with Gasteiger partial charge in [-0.05, 0) is 47.9 Å². The van der Waals surface area contributed by atoms with Crippen LogP contribution in [0.2, 0.25) is 0 Å². The predicted octanol–water partition coefficient (Wildman–Crippen LogP) is 4.93. The summed E-state index contributed by atoms with van der Waals surface area (Å²) in [7, 11) is 0. The van der Waals surface area contributed by atoms with Crippen LogP contribution >= 0.6 is 22.7 Å². The van der Waals surface area contributed by atoms with Crippen LogP contribution in [0.25, 0.3) is 20.3 Å². The normalized spacial score (nSPS) is 19.1. The fourth-order valence-corrected chi connectivity index (χ4v) is 5.82. The van der Waals surface area contributed by atoms with E-state index in [1.54, 1.807) is 16.2 Å². The molecule has 4 nitrogen and oxygen atoms in total. The number of carbonyl (C=O) groups excluding carboxylic acids is 2. The van der Waals surface area contributed by atoms with E-state index in [0.29, 0.717) is 24.4 Å². The van der Waals surface area contributed by atoms with E-state index in [1.807, 2.05) is 43.3 Å². The minimum Gasteiger partial charge on any atom is -0.329 e. The van der Waals surface area contributed by atoms with Crippen molar-refractivity contribution in [3.63, 3.8) is 0 Å². The lowest BCUT2D eigenvalue weighted by molar-refractivity contribution is -0.141. The van der Waals surface area contributed by atoms with Crippen molar-refractivity contribution in [3.05, 3.63) is 64.5 Å². The second-order valence-corrected chi connectivity index (χ2v) is 9.26. The van der Waals surface area contributed by atoms with Crippen LogP contribution in [-0.2, 0) is 11.2 Å². The van der Waals surface area contributed by atoms with Crippen LogP contribution in [0.1, 0.15) is 28.7 Å². The Morgan fingerprint density at radius 1 is 1.11 bits per heavy atom. The van der Waals surface area contributed by atoms with Crippen LogP contribution in [0.3, 0.4) is 0 Å². The van der Waals surface area contributed by atoms with Gasteiger partial charge in [0.15, 0.2) is 5.01 Å². The highest BCUT2D eigenvalue weighted by molar-refractivity contribution is 7.20. The summed E-state index contributed by atoms with van der Waals surface area (Å²) in [6.07, 6.45) is 1.00. The maximum atomic E-state index is 13.2. The van der Waals surface area contributed by atoms with Gasteiger partial charge in [-0.3, -0.25) is 9.59 Å². The number of thiophene rings is 1. The minimum absolute atomic E-state index is 0.00626. The number of thiazole rings is 1. The van der Waals surface area contributed by atoms with Gasteiger partial charge in [-0.2, -0.15) is 0 Å². The summed E-state index contributed by atoms with van der Waals surface area (Å²) < 4.78 is 2.18. The molecule has 3 heterocycles. The number of hydrogen-bond acceptors (Lipinski definition) is 5. The van der Waals surface area contributed by atoms with Crippen LogP contribution in [0.4, 0.5) is 0 Å². The average Bonchev–Trinajstić information content (AvgIpc) is 3.30. The van der Waals surface area contributed by atoms with E-state index in [0.717, 1.165) is 21.2 Å². The molecule has 1 aliphatic heterocycles. The lowest BCUT2D eigenvalue weighted by Crippen LogP contribution is -2.64. The van der Waals surface area contributed by atoms with Crippen LogP contribution < -0.4 is 0 Å². The quantitative estimate of drug-likeness (QED) is 0.452. The molecule has 2 aromatic carbocycles. The van der Waals surface area contributed by atoms with Crippen molar-refractivity contribution in [2.24, 2.45) is 0 Å². The summed E-state index contributed by atoms with van der Waals surface area (Å²) in [5.74, 6) is -0.0461. The highest BCUT2D eigenvalue weighted by atomic mass is 32.1. The molecule has 5 rings (SSSR count). The van der Waals surface area contributed by atoms with Gasteiger partial charge in [-0.1, -0.05) is 30.3 Å². The number of amides is 1. The average molecular weight is 407 g/mol. The molecule has 2 aromatic heterocycles. The number of rotatable bonds is 4. The summed E-state index contributed by atoms with van der Waals surface area (Å²) in [6, 6.07) is 15.9. The first-order valence-electron chi connectivity index (χ1n) is 9.22. The van der Waals surface area contributed by atoms with Gasteiger partial charge in [-0.15, -0.1) is 22.7 Å². The largest absolute Gasteiger partial charge is 0.329 e. The Kier molecular flexibility index (Phi) is 4.07. The lowest BCUT2D eigenvalue weighted by atomic mass is 9.82. The molecule has 0 bridgehead atoms.